The van der Waals surface area contributed by atoms with Crippen LogP contribution in [-0.2, 0) is 31.9 Å². The van der Waals surface area contributed by atoms with E-state index in [9.17, 15) is 0 Å². The van der Waals surface area contributed by atoms with Crippen LogP contribution in [0.5, 0.6) is 0 Å². The van der Waals surface area contributed by atoms with Gasteiger partial charge in [0.1, 0.15) is 0 Å². The van der Waals surface area contributed by atoms with Gasteiger partial charge in [0.15, 0.2) is 0 Å². The number of pyridine rings is 3. The van der Waals surface area contributed by atoms with Gasteiger partial charge < -0.3 is 14.4 Å². The van der Waals surface area contributed by atoms with Crippen LogP contribution in [0, 0.1) is 39.8 Å². The molecule has 7 rings (SSSR count). The predicted octanol–water partition coefficient (Wildman–Crippen LogP) is 10.5. The second-order valence-electron chi connectivity index (χ2n) is 12.9. The Kier molecular flexibility index (Phi) is 9.00. The Morgan fingerprint density at radius 2 is 1.60 bits per heavy atom. The second kappa shape index (κ2) is 14.1. The van der Waals surface area contributed by atoms with Gasteiger partial charge in [0.05, 0.1) is 5.58 Å². The van der Waals surface area contributed by atoms with Gasteiger partial charge in [-0.2, -0.15) is 0 Å². The number of aryl methyl sites for hydroxylation is 4. The molecule has 0 spiro atoms. The number of rotatable bonds is 4. The van der Waals surface area contributed by atoms with Crippen molar-refractivity contribution in [3.63, 3.8) is 0 Å². The molecule has 0 aliphatic heterocycles. The number of furan rings is 1. The van der Waals surface area contributed by atoms with Crippen molar-refractivity contribution in [1.29, 1.82) is 0 Å². The van der Waals surface area contributed by atoms with Gasteiger partial charge in [-0.3, -0.25) is 0 Å². The van der Waals surface area contributed by atoms with Gasteiger partial charge in [-0.15, -0.1) is 53.6 Å². The molecule has 0 fully saturated rings. The second-order valence-corrected chi connectivity index (χ2v) is 12.9. The molecule has 0 unspecified atom stereocenters. The zero-order valence-electron chi connectivity index (χ0n) is 30.5. The minimum absolute atomic E-state index is 0. The van der Waals surface area contributed by atoms with Crippen LogP contribution in [0.4, 0.5) is 0 Å². The van der Waals surface area contributed by atoms with E-state index in [1.807, 2.05) is 30.5 Å². The molecule has 239 valence electrons. The SMILES string of the molecule is Cc1c[c-]c(-c2cc(C)c(C)cn2)cc1.[2H]C([2H])([2H])c1ccc2c(n1)oc1c(-c3cc(Cc4ccc(C(C)(C)C)cc4)ccn3)[c-]ccc12.[Ir]. The Hall–Kier alpha value is -4.44. The third kappa shape index (κ3) is 7.76. The van der Waals surface area contributed by atoms with Gasteiger partial charge >= 0.3 is 0 Å². The Balaban J connectivity index is 0.000000255. The summed E-state index contributed by atoms with van der Waals surface area (Å²) >= 11 is 0. The van der Waals surface area contributed by atoms with Crippen molar-refractivity contribution in [1.82, 2.24) is 15.0 Å². The minimum atomic E-state index is -2.29. The van der Waals surface area contributed by atoms with Crippen LogP contribution in [0.3, 0.4) is 0 Å². The van der Waals surface area contributed by atoms with Crippen LogP contribution in [0.15, 0.2) is 102 Å². The van der Waals surface area contributed by atoms with Crippen molar-refractivity contribution in [2.24, 2.45) is 0 Å². The summed E-state index contributed by atoms with van der Waals surface area (Å²) in [5.41, 5.74) is 12.0. The fraction of sp³-hybridized carbons (Fsp3) is 0.214. The molecule has 0 amide bonds. The molecule has 4 aromatic heterocycles. The molecule has 0 N–H and O–H groups in total. The number of fused-ring (bicyclic) bond motifs is 3. The zero-order chi connectivity index (χ0) is 34.9. The summed E-state index contributed by atoms with van der Waals surface area (Å²) in [6.07, 6.45) is 4.51. The quantitative estimate of drug-likeness (QED) is 0.167. The minimum Gasteiger partial charge on any atom is -0.486 e. The average molecular weight is 797 g/mol. The molecule has 7 aromatic rings. The molecule has 0 aliphatic rings. The van der Waals surface area contributed by atoms with Gasteiger partial charge in [-0.1, -0.05) is 80.6 Å². The van der Waals surface area contributed by atoms with Crippen molar-refractivity contribution >= 4 is 22.1 Å². The number of hydrogen-bond acceptors (Lipinski definition) is 4. The molecule has 1 radical (unpaired) electrons. The smallest absolute Gasteiger partial charge is 0.216 e. The summed E-state index contributed by atoms with van der Waals surface area (Å²) in [5, 5.41) is 1.63. The van der Waals surface area contributed by atoms with Crippen molar-refractivity contribution in [3.05, 3.63) is 149 Å². The Morgan fingerprint density at radius 1 is 0.787 bits per heavy atom. The number of benzene rings is 3. The van der Waals surface area contributed by atoms with E-state index in [-0.39, 0.29) is 31.2 Å². The largest absolute Gasteiger partial charge is 0.486 e. The third-order valence-corrected chi connectivity index (χ3v) is 8.22. The first kappa shape index (κ1) is 29.9. The molecular weight excluding hydrogens is 755 g/mol. The van der Waals surface area contributed by atoms with E-state index in [0.717, 1.165) is 45.3 Å². The van der Waals surface area contributed by atoms with Crippen molar-refractivity contribution < 1.29 is 28.6 Å². The molecule has 0 bridgehead atoms. The summed E-state index contributed by atoms with van der Waals surface area (Å²) in [5.74, 6) is 0. The fourth-order valence-electron chi connectivity index (χ4n) is 5.33. The topological polar surface area (TPSA) is 51.8 Å². The molecule has 4 nitrogen and oxygen atoms in total. The van der Waals surface area contributed by atoms with Crippen LogP contribution < -0.4 is 0 Å². The molecule has 3 aromatic carbocycles. The molecule has 0 atom stereocenters. The van der Waals surface area contributed by atoms with E-state index >= 15 is 0 Å². The Morgan fingerprint density at radius 3 is 2.30 bits per heavy atom. The normalized spacial score (nSPS) is 12.4. The summed E-state index contributed by atoms with van der Waals surface area (Å²) in [4.78, 5) is 13.2. The van der Waals surface area contributed by atoms with Crippen molar-refractivity contribution in [3.8, 4) is 22.5 Å². The van der Waals surface area contributed by atoms with E-state index in [1.165, 1.54) is 33.9 Å². The standard InChI is InChI=1S/C28H25N2O.C14H14N.Ir/c1-18-8-13-23-22-6-5-7-24(26(22)31-27(23)30-18)25-17-20(14-15-29-25)16-19-9-11-21(12-10-19)28(2,3)4;1-10-4-6-13(7-5-10)14-8-11(2)12(3)9-15-14;/h5-6,8-15,17H,16H2,1-4H3;4-6,8-9H,1-3H3;/q2*-1;/i1D3;;. The van der Waals surface area contributed by atoms with Gasteiger partial charge in [-0.25, -0.2) is 4.98 Å². The van der Waals surface area contributed by atoms with Crippen LogP contribution in [-0.4, -0.2) is 15.0 Å². The van der Waals surface area contributed by atoms with E-state index in [4.69, 9.17) is 8.53 Å². The van der Waals surface area contributed by atoms with E-state index in [2.05, 4.69) is 117 Å². The number of aromatic nitrogens is 3. The van der Waals surface area contributed by atoms with Gasteiger partial charge in [0.25, 0.3) is 0 Å². The average Bonchev–Trinajstić information content (AvgIpc) is 3.45. The van der Waals surface area contributed by atoms with Crippen LogP contribution in [0.25, 0.3) is 44.6 Å². The van der Waals surface area contributed by atoms with Crippen molar-refractivity contribution in [2.45, 2.75) is 60.2 Å². The molecule has 5 heteroatoms. The van der Waals surface area contributed by atoms with E-state index in [1.54, 1.807) is 12.3 Å². The first-order valence-electron chi connectivity index (χ1n) is 17.0. The number of hydrogen-bond donors (Lipinski definition) is 0. The predicted molar refractivity (Wildman–Crippen MR) is 189 cm³/mol. The molecular formula is C42H39IrN3O-2. The van der Waals surface area contributed by atoms with Gasteiger partial charge in [0, 0.05) is 47.7 Å². The maximum Gasteiger partial charge on any atom is 0.216 e. The first-order valence-corrected chi connectivity index (χ1v) is 15.5. The van der Waals surface area contributed by atoms with Crippen LogP contribution >= 0.6 is 0 Å². The fourth-order valence-corrected chi connectivity index (χ4v) is 5.33. The van der Waals surface area contributed by atoms with Gasteiger partial charge in [-0.05, 0) is 84.4 Å². The summed E-state index contributed by atoms with van der Waals surface area (Å²) in [7, 11) is 0. The third-order valence-electron chi connectivity index (χ3n) is 8.22. The van der Waals surface area contributed by atoms with Crippen LogP contribution in [0.2, 0.25) is 0 Å². The zero-order valence-corrected chi connectivity index (χ0v) is 29.9. The molecule has 0 saturated heterocycles. The molecule has 4 heterocycles. The summed E-state index contributed by atoms with van der Waals surface area (Å²) < 4.78 is 28.9. The first-order chi connectivity index (χ1) is 23.3. The van der Waals surface area contributed by atoms with Crippen LogP contribution in [0.1, 0.15) is 64.0 Å². The molecule has 0 saturated carbocycles. The maximum atomic E-state index is 7.63. The Bertz CT molecular complexity index is 2250. The Labute approximate surface area is 295 Å². The maximum absolute atomic E-state index is 7.63. The molecule has 0 aliphatic carbocycles. The molecule has 47 heavy (non-hydrogen) atoms. The summed E-state index contributed by atoms with van der Waals surface area (Å²) in [6.45, 7) is 10.6. The summed E-state index contributed by atoms with van der Waals surface area (Å²) in [6, 6.07) is 34.6. The van der Waals surface area contributed by atoms with Gasteiger partial charge in [0.2, 0.25) is 5.71 Å². The van der Waals surface area contributed by atoms with E-state index < -0.39 is 6.85 Å². The monoisotopic (exact) mass is 797 g/mol. The number of nitrogens with zero attached hydrogens (tertiary/aromatic N) is 3. The van der Waals surface area contributed by atoms with Crippen molar-refractivity contribution in [2.75, 3.05) is 0 Å². The van der Waals surface area contributed by atoms with E-state index in [0.29, 0.717) is 11.3 Å².